The number of allylic oxidation sites excluding steroid dienone is 2. The van der Waals surface area contributed by atoms with E-state index in [1.807, 2.05) is 0 Å². The summed E-state index contributed by atoms with van der Waals surface area (Å²) in [5.41, 5.74) is 0. The quantitative estimate of drug-likeness (QED) is 0.114. The highest BCUT2D eigenvalue weighted by atomic mass is 14.1. The lowest BCUT2D eigenvalue weighted by atomic mass is 9.89. The van der Waals surface area contributed by atoms with Gasteiger partial charge in [-0.05, 0) is 37.0 Å². The summed E-state index contributed by atoms with van der Waals surface area (Å²) in [6.45, 7) is 11.8. The molecule has 0 aromatic rings. The van der Waals surface area contributed by atoms with Gasteiger partial charge in [0.05, 0.1) is 0 Å². The Bertz CT molecular complexity index is 342. The van der Waals surface area contributed by atoms with Crippen molar-refractivity contribution in [3.8, 4) is 0 Å². The van der Waals surface area contributed by atoms with Crippen LogP contribution in [-0.2, 0) is 0 Å². The van der Waals surface area contributed by atoms with Crippen LogP contribution in [0.2, 0.25) is 0 Å². The highest BCUT2D eigenvalue weighted by molar-refractivity contribution is 4.84. The van der Waals surface area contributed by atoms with E-state index in [4.69, 9.17) is 0 Å². The Hall–Kier alpha value is -0.260. The summed E-state index contributed by atoms with van der Waals surface area (Å²) in [7, 11) is 0. The first kappa shape index (κ1) is 29.7. The molecule has 0 heterocycles. The summed E-state index contributed by atoms with van der Waals surface area (Å²) >= 11 is 0. The van der Waals surface area contributed by atoms with E-state index < -0.39 is 0 Å². The molecule has 30 heavy (non-hydrogen) atoms. The monoisotopic (exact) mass is 420 g/mol. The molecule has 0 bridgehead atoms. The van der Waals surface area contributed by atoms with Crippen molar-refractivity contribution in [2.45, 2.75) is 163 Å². The van der Waals surface area contributed by atoms with Gasteiger partial charge in [-0.2, -0.15) is 0 Å². The van der Waals surface area contributed by atoms with Crippen LogP contribution in [0.1, 0.15) is 163 Å². The van der Waals surface area contributed by atoms with Gasteiger partial charge in [-0.3, -0.25) is 0 Å². The van der Waals surface area contributed by atoms with Crippen LogP contribution in [0.3, 0.4) is 0 Å². The van der Waals surface area contributed by atoms with E-state index in [0.29, 0.717) is 0 Å². The lowest BCUT2D eigenvalue weighted by molar-refractivity contribution is 0.371. The zero-order chi connectivity index (χ0) is 22.3. The van der Waals surface area contributed by atoms with Gasteiger partial charge in [-0.15, -0.1) is 0 Å². The maximum atomic E-state index is 2.51. The molecule has 0 heteroatoms. The molecule has 0 aliphatic heterocycles. The number of hydrogen-bond donors (Lipinski definition) is 0. The van der Waals surface area contributed by atoms with Crippen molar-refractivity contribution in [2.24, 2.45) is 17.8 Å². The lowest BCUT2D eigenvalue weighted by Gasteiger charge is -2.17. The van der Waals surface area contributed by atoms with E-state index in [0.717, 1.165) is 17.8 Å². The molecule has 3 atom stereocenters. The predicted octanol–water partition coefficient (Wildman–Crippen LogP) is 11.3. The smallest absolute Gasteiger partial charge is 0.0322 e. The molecule has 0 saturated heterocycles. The van der Waals surface area contributed by atoms with Crippen LogP contribution in [0.4, 0.5) is 0 Å². The average Bonchev–Trinajstić information content (AvgIpc) is 2.77. The van der Waals surface area contributed by atoms with Gasteiger partial charge in [0.1, 0.15) is 0 Å². The Morgan fingerprint density at radius 1 is 0.433 bits per heavy atom. The minimum atomic E-state index is 0.919. The van der Waals surface area contributed by atoms with Gasteiger partial charge < -0.3 is 0 Å². The molecule has 0 rings (SSSR count). The average molecular weight is 421 g/mol. The molecule has 180 valence electrons. The molecule has 0 nitrogen and oxygen atoms in total. The summed E-state index contributed by atoms with van der Waals surface area (Å²) in [5, 5.41) is 0. The molecule has 0 amide bonds. The lowest BCUT2D eigenvalue weighted by Crippen LogP contribution is -2.02. The molecule has 0 saturated carbocycles. The Kier molecular flexibility index (Phi) is 23.2. The second-order valence-corrected chi connectivity index (χ2v) is 10.1. The Morgan fingerprint density at radius 2 is 0.933 bits per heavy atom. The van der Waals surface area contributed by atoms with Gasteiger partial charge in [-0.25, -0.2) is 0 Å². The third-order valence-electron chi connectivity index (χ3n) is 7.51. The zero-order valence-corrected chi connectivity index (χ0v) is 22.0. The molecule has 0 aromatic heterocycles. The highest BCUT2D eigenvalue weighted by Crippen LogP contribution is 2.24. The first-order valence-corrected chi connectivity index (χ1v) is 14.4. The van der Waals surface area contributed by atoms with E-state index in [9.17, 15) is 0 Å². The van der Waals surface area contributed by atoms with Crippen LogP contribution in [0.5, 0.6) is 0 Å². The zero-order valence-electron chi connectivity index (χ0n) is 22.0. The van der Waals surface area contributed by atoms with Crippen molar-refractivity contribution < 1.29 is 0 Å². The van der Waals surface area contributed by atoms with E-state index in [-0.39, 0.29) is 0 Å². The third kappa shape index (κ3) is 18.5. The van der Waals surface area contributed by atoms with Crippen LogP contribution in [-0.4, -0.2) is 0 Å². The van der Waals surface area contributed by atoms with E-state index in [1.54, 1.807) is 0 Å². The van der Waals surface area contributed by atoms with Crippen molar-refractivity contribution in [2.75, 3.05) is 0 Å². The van der Waals surface area contributed by atoms with Crippen molar-refractivity contribution in [1.82, 2.24) is 0 Å². The summed E-state index contributed by atoms with van der Waals surface area (Å²) in [5.74, 6) is 2.90. The number of unbranched alkanes of at least 4 members (excludes halogenated alkanes) is 7. The van der Waals surface area contributed by atoms with Crippen molar-refractivity contribution >= 4 is 0 Å². The second kappa shape index (κ2) is 23.4. The predicted molar refractivity (Wildman–Crippen MR) is 140 cm³/mol. The Morgan fingerprint density at radius 3 is 1.50 bits per heavy atom. The van der Waals surface area contributed by atoms with E-state index in [1.165, 1.54) is 128 Å². The topological polar surface area (TPSA) is 0 Å². The maximum absolute atomic E-state index is 2.51. The Balaban J connectivity index is 3.74. The van der Waals surface area contributed by atoms with Gasteiger partial charge in [0.2, 0.25) is 0 Å². The molecule has 0 aliphatic rings. The fourth-order valence-corrected chi connectivity index (χ4v) is 4.92. The number of rotatable bonds is 23. The fourth-order valence-electron chi connectivity index (χ4n) is 4.92. The first-order chi connectivity index (χ1) is 14.7. The molecule has 0 radical (unpaired) electrons. The van der Waals surface area contributed by atoms with Gasteiger partial charge in [0.15, 0.2) is 0 Å². The highest BCUT2D eigenvalue weighted by Gasteiger charge is 2.09. The van der Waals surface area contributed by atoms with Crippen LogP contribution in [0.15, 0.2) is 12.2 Å². The standard InChI is InChI=1S/C30H60/c1-6-11-13-18-23-29(9-4)24-19-16-14-15-17-20-25-30(10-5)27-21-26-28(8-3)22-12-7-2/h17,20,28-30H,6-16,18-19,21-27H2,1-5H3/b20-17+. The van der Waals surface area contributed by atoms with Crippen LogP contribution < -0.4 is 0 Å². The molecule has 0 fully saturated rings. The summed E-state index contributed by atoms with van der Waals surface area (Å²) in [4.78, 5) is 0. The van der Waals surface area contributed by atoms with Crippen LogP contribution >= 0.6 is 0 Å². The van der Waals surface area contributed by atoms with E-state index >= 15 is 0 Å². The minimum absolute atomic E-state index is 0.919. The molecule has 0 N–H and O–H groups in total. The molecule has 3 unspecified atom stereocenters. The molecule has 0 spiro atoms. The number of hydrogen-bond acceptors (Lipinski definition) is 0. The SMILES string of the molecule is CCCCCCC(CC)CCCCC/C=C/CC(CC)CCCC(CC)CCCC. The van der Waals surface area contributed by atoms with Crippen molar-refractivity contribution in [3.05, 3.63) is 12.2 Å². The van der Waals surface area contributed by atoms with Gasteiger partial charge in [0, 0.05) is 0 Å². The fraction of sp³-hybridized carbons (Fsp3) is 0.933. The molecular weight excluding hydrogens is 360 g/mol. The third-order valence-corrected chi connectivity index (χ3v) is 7.51. The summed E-state index contributed by atoms with van der Waals surface area (Å²) < 4.78 is 0. The molecule has 0 aromatic carbocycles. The summed E-state index contributed by atoms with van der Waals surface area (Å²) in [6.07, 6.45) is 33.3. The normalized spacial score (nSPS) is 15.0. The van der Waals surface area contributed by atoms with E-state index in [2.05, 4.69) is 46.8 Å². The van der Waals surface area contributed by atoms with Gasteiger partial charge in [0.25, 0.3) is 0 Å². The summed E-state index contributed by atoms with van der Waals surface area (Å²) in [6, 6.07) is 0. The molecular formula is C30H60. The largest absolute Gasteiger partial charge is 0.0885 e. The van der Waals surface area contributed by atoms with Crippen LogP contribution in [0, 0.1) is 17.8 Å². The minimum Gasteiger partial charge on any atom is -0.0885 e. The Labute approximate surface area is 193 Å². The van der Waals surface area contributed by atoms with Gasteiger partial charge in [-0.1, -0.05) is 156 Å². The van der Waals surface area contributed by atoms with Crippen molar-refractivity contribution in [1.29, 1.82) is 0 Å². The van der Waals surface area contributed by atoms with Crippen molar-refractivity contribution in [3.63, 3.8) is 0 Å². The first-order valence-electron chi connectivity index (χ1n) is 14.4. The van der Waals surface area contributed by atoms with Crippen LogP contribution in [0.25, 0.3) is 0 Å². The van der Waals surface area contributed by atoms with Gasteiger partial charge >= 0.3 is 0 Å². The molecule has 0 aliphatic carbocycles. The second-order valence-electron chi connectivity index (χ2n) is 10.1. The maximum Gasteiger partial charge on any atom is -0.0322 e.